The summed E-state index contributed by atoms with van der Waals surface area (Å²) in [5.74, 6) is -0.0872. The van der Waals surface area contributed by atoms with Crippen LogP contribution in [0.5, 0.6) is 5.75 Å². The van der Waals surface area contributed by atoms with Crippen LogP contribution in [-0.2, 0) is 4.79 Å². The van der Waals surface area contributed by atoms with Crippen molar-refractivity contribution in [2.75, 3.05) is 0 Å². The van der Waals surface area contributed by atoms with E-state index < -0.39 is 0 Å². The lowest BCUT2D eigenvalue weighted by Gasteiger charge is -2.22. The van der Waals surface area contributed by atoms with Crippen LogP contribution >= 0.6 is 0 Å². The number of carbonyl (C=O) groups is 2. The maximum atomic E-state index is 12.3. The molecule has 1 aromatic carbocycles. The molecule has 1 amide bonds. The number of rotatable bonds is 3. The zero-order valence-corrected chi connectivity index (χ0v) is 13.3. The van der Waals surface area contributed by atoms with Gasteiger partial charge in [-0.1, -0.05) is 6.08 Å². The number of ketones is 1. The smallest absolute Gasteiger partial charge is 0.255 e. The van der Waals surface area contributed by atoms with Crippen molar-refractivity contribution in [1.82, 2.24) is 10.2 Å². The van der Waals surface area contributed by atoms with E-state index in [9.17, 15) is 14.7 Å². The van der Waals surface area contributed by atoms with Crippen LogP contribution < -0.4 is 5.32 Å². The second kappa shape index (κ2) is 6.58. The fourth-order valence-electron chi connectivity index (χ4n) is 2.58. The number of phenolic OH excluding ortho intramolecular Hbond substituents is 1. The van der Waals surface area contributed by atoms with E-state index in [-0.39, 0.29) is 17.4 Å². The molecular formula is C19H18N2O3. The molecular weight excluding hydrogens is 304 g/mol. The molecule has 122 valence electrons. The zero-order chi connectivity index (χ0) is 17.1. The molecule has 0 radical (unpaired) electrons. The highest BCUT2D eigenvalue weighted by Gasteiger charge is 2.16. The van der Waals surface area contributed by atoms with Crippen LogP contribution in [0.1, 0.15) is 30.1 Å². The third-order valence-corrected chi connectivity index (χ3v) is 3.91. The Balaban J connectivity index is 1.79. The van der Waals surface area contributed by atoms with Crippen LogP contribution in [0.2, 0.25) is 0 Å². The molecule has 2 aliphatic rings. The summed E-state index contributed by atoms with van der Waals surface area (Å²) in [7, 11) is 0. The Kier molecular flexibility index (Phi) is 4.33. The van der Waals surface area contributed by atoms with Gasteiger partial charge in [-0.25, -0.2) is 0 Å². The third kappa shape index (κ3) is 3.46. The first-order valence-corrected chi connectivity index (χ1v) is 7.73. The van der Waals surface area contributed by atoms with Crippen molar-refractivity contribution in [1.29, 1.82) is 0 Å². The first kappa shape index (κ1) is 15.8. The van der Waals surface area contributed by atoms with E-state index in [0.717, 1.165) is 17.7 Å². The number of benzene rings is 1. The van der Waals surface area contributed by atoms with Gasteiger partial charge in [0, 0.05) is 29.2 Å². The van der Waals surface area contributed by atoms with Gasteiger partial charge in [-0.15, -0.1) is 0 Å². The molecule has 24 heavy (non-hydrogen) atoms. The SMILES string of the molecule is CC(=O)C1=CN2C=C(NC(=O)c3ccc(O)cc3)C=CC2=CCC1. The fraction of sp³-hybridized carbons (Fsp3) is 0.158. The summed E-state index contributed by atoms with van der Waals surface area (Å²) in [6.07, 6.45) is 10.9. The molecule has 5 nitrogen and oxygen atoms in total. The Morgan fingerprint density at radius 3 is 2.58 bits per heavy atom. The Morgan fingerprint density at radius 1 is 1.12 bits per heavy atom. The summed E-state index contributed by atoms with van der Waals surface area (Å²) >= 11 is 0. The Bertz CT molecular complexity index is 798. The molecule has 0 aromatic heterocycles. The zero-order valence-electron chi connectivity index (χ0n) is 13.3. The number of fused-ring (bicyclic) bond motifs is 1. The molecule has 2 aliphatic heterocycles. The number of nitrogens with zero attached hydrogens (tertiary/aromatic N) is 1. The largest absolute Gasteiger partial charge is 0.508 e. The second-order valence-corrected chi connectivity index (χ2v) is 5.70. The summed E-state index contributed by atoms with van der Waals surface area (Å²) in [5, 5.41) is 12.1. The number of aromatic hydroxyl groups is 1. The summed E-state index contributed by atoms with van der Waals surface area (Å²) in [5.41, 5.74) is 2.83. The minimum Gasteiger partial charge on any atom is -0.508 e. The summed E-state index contributed by atoms with van der Waals surface area (Å²) < 4.78 is 0. The third-order valence-electron chi connectivity index (χ3n) is 3.91. The number of allylic oxidation sites excluding steroid dienone is 4. The minimum atomic E-state index is -0.260. The maximum absolute atomic E-state index is 12.3. The molecule has 0 atom stereocenters. The quantitative estimate of drug-likeness (QED) is 0.897. The van der Waals surface area contributed by atoms with Crippen LogP contribution in [-0.4, -0.2) is 21.7 Å². The van der Waals surface area contributed by atoms with Crippen LogP contribution in [0.3, 0.4) is 0 Å². The number of nitrogens with one attached hydrogen (secondary N) is 1. The predicted octanol–water partition coefficient (Wildman–Crippen LogP) is 2.99. The van der Waals surface area contributed by atoms with Crippen molar-refractivity contribution in [3.8, 4) is 5.75 Å². The monoisotopic (exact) mass is 322 g/mol. The molecule has 1 aromatic rings. The molecule has 0 fully saturated rings. The van der Waals surface area contributed by atoms with Crippen molar-refractivity contribution in [2.45, 2.75) is 19.8 Å². The molecule has 0 bridgehead atoms. The fourth-order valence-corrected chi connectivity index (χ4v) is 2.58. The van der Waals surface area contributed by atoms with Crippen molar-refractivity contribution in [3.63, 3.8) is 0 Å². The van der Waals surface area contributed by atoms with Gasteiger partial charge < -0.3 is 15.3 Å². The van der Waals surface area contributed by atoms with Crippen molar-refractivity contribution in [3.05, 3.63) is 77.4 Å². The molecule has 2 heterocycles. The van der Waals surface area contributed by atoms with Gasteiger partial charge in [0.15, 0.2) is 5.78 Å². The van der Waals surface area contributed by atoms with Crippen LogP contribution in [0.25, 0.3) is 0 Å². The number of Topliss-reactive ketones (excluding diaryl/α,β-unsaturated/α-hetero) is 1. The normalized spacial score (nSPS) is 16.4. The standard InChI is InChI=1S/C19H18N2O3/c1-13(22)15-3-2-4-17-8-7-16(12-21(17)11-15)20-19(24)14-5-9-18(23)10-6-14/h4-12,23H,2-3H2,1H3,(H,20,24). The van der Waals surface area contributed by atoms with Gasteiger partial charge in [0.1, 0.15) is 5.75 Å². The Morgan fingerprint density at radius 2 is 1.88 bits per heavy atom. The van der Waals surface area contributed by atoms with Gasteiger partial charge in [-0.3, -0.25) is 9.59 Å². The van der Waals surface area contributed by atoms with Gasteiger partial charge in [-0.2, -0.15) is 0 Å². The first-order valence-electron chi connectivity index (χ1n) is 7.73. The van der Waals surface area contributed by atoms with E-state index in [2.05, 4.69) is 11.4 Å². The molecule has 5 heteroatoms. The van der Waals surface area contributed by atoms with Crippen molar-refractivity contribution < 1.29 is 14.7 Å². The number of amides is 1. The average Bonchev–Trinajstić information content (AvgIpc) is 2.77. The van der Waals surface area contributed by atoms with E-state index >= 15 is 0 Å². The lowest BCUT2D eigenvalue weighted by molar-refractivity contribution is -0.113. The summed E-state index contributed by atoms with van der Waals surface area (Å²) in [4.78, 5) is 25.8. The van der Waals surface area contributed by atoms with E-state index in [1.54, 1.807) is 25.3 Å². The van der Waals surface area contributed by atoms with E-state index in [1.807, 2.05) is 23.3 Å². The minimum absolute atomic E-state index is 0.0577. The molecule has 0 spiro atoms. The van der Waals surface area contributed by atoms with E-state index in [4.69, 9.17) is 0 Å². The molecule has 0 unspecified atom stereocenters. The summed E-state index contributed by atoms with van der Waals surface area (Å²) in [6, 6.07) is 6.06. The van der Waals surface area contributed by atoms with Crippen LogP contribution in [0.15, 0.2) is 71.9 Å². The Hall–Kier alpha value is -3.08. The highest BCUT2D eigenvalue weighted by molar-refractivity contribution is 5.95. The molecule has 0 saturated carbocycles. The molecule has 2 N–H and O–H groups in total. The number of hydrogen-bond donors (Lipinski definition) is 2. The first-order chi connectivity index (χ1) is 11.5. The van der Waals surface area contributed by atoms with Gasteiger partial charge in [0.25, 0.3) is 5.91 Å². The predicted molar refractivity (Wildman–Crippen MR) is 90.7 cm³/mol. The Labute approximate surface area is 140 Å². The van der Waals surface area contributed by atoms with Crippen molar-refractivity contribution >= 4 is 11.7 Å². The van der Waals surface area contributed by atoms with Gasteiger partial charge in [0.05, 0.1) is 5.70 Å². The molecule has 0 aliphatic carbocycles. The molecule has 3 rings (SSSR count). The van der Waals surface area contributed by atoms with E-state index in [0.29, 0.717) is 17.7 Å². The van der Waals surface area contributed by atoms with Gasteiger partial charge >= 0.3 is 0 Å². The van der Waals surface area contributed by atoms with Gasteiger partial charge in [0.2, 0.25) is 0 Å². The number of carbonyl (C=O) groups excluding carboxylic acids is 2. The lowest BCUT2D eigenvalue weighted by Crippen LogP contribution is -2.25. The van der Waals surface area contributed by atoms with E-state index in [1.165, 1.54) is 12.1 Å². The average molecular weight is 322 g/mol. The highest BCUT2D eigenvalue weighted by Crippen LogP contribution is 2.24. The van der Waals surface area contributed by atoms with Crippen LogP contribution in [0, 0.1) is 0 Å². The topological polar surface area (TPSA) is 69.6 Å². The number of hydrogen-bond acceptors (Lipinski definition) is 4. The summed E-state index contributed by atoms with van der Waals surface area (Å²) in [6.45, 7) is 1.56. The number of phenols is 1. The van der Waals surface area contributed by atoms with Crippen molar-refractivity contribution in [2.24, 2.45) is 0 Å². The maximum Gasteiger partial charge on any atom is 0.255 e. The second-order valence-electron chi connectivity index (χ2n) is 5.70. The highest BCUT2D eigenvalue weighted by atomic mass is 16.3. The molecule has 0 saturated heterocycles. The lowest BCUT2D eigenvalue weighted by atomic mass is 10.1. The van der Waals surface area contributed by atoms with Crippen LogP contribution in [0.4, 0.5) is 0 Å². The van der Waals surface area contributed by atoms with Gasteiger partial charge in [-0.05, 0) is 56.2 Å².